The van der Waals surface area contributed by atoms with E-state index in [0.717, 1.165) is 12.0 Å². The van der Waals surface area contributed by atoms with Crippen molar-refractivity contribution in [1.29, 1.82) is 0 Å². The molecule has 0 aliphatic rings. The van der Waals surface area contributed by atoms with Crippen LogP contribution in [-0.2, 0) is 9.53 Å². The Labute approximate surface area is 90.2 Å². The fraction of sp³-hybridized carbons (Fsp3) is 0.417. The summed E-state index contributed by atoms with van der Waals surface area (Å²) in [5.41, 5.74) is 6.92. The molecule has 0 heterocycles. The van der Waals surface area contributed by atoms with Gasteiger partial charge in [-0.3, -0.25) is 4.79 Å². The zero-order chi connectivity index (χ0) is 11.3. The molecule has 2 N–H and O–H groups in total. The lowest BCUT2D eigenvalue weighted by Gasteiger charge is -2.20. The van der Waals surface area contributed by atoms with E-state index in [4.69, 9.17) is 5.73 Å². The molecular formula is C12H17NO2. The van der Waals surface area contributed by atoms with Crippen molar-refractivity contribution >= 4 is 5.97 Å². The third-order valence-electron chi connectivity index (χ3n) is 2.57. The predicted octanol–water partition coefficient (Wildman–Crippen LogP) is 1.68. The molecule has 3 heteroatoms. The molecule has 1 rings (SSSR count). The smallest absolute Gasteiger partial charge is 0.323 e. The summed E-state index contributed by atoms with van der Waals surface area (Å²) in [5, 5.41) is 0. The zero-order valence-corrected chi connectivity index (χ0v) is 9.14. The third-order valence-corrected chi connectivity index (χ3v) is 2.57. The Morgan fingerprint density at radius 2 is 2.00 bits per heavy atom. The minimum Gasteiger partial charge on any atom is -0.468 e. The maximum atomic E-state index is 11.3. The van der Waals surface area contributed by atoms with Crippen molar-refractivity contribution in [3.63, 3.8) is 0 Å². The number of benzene rings is 1. The summed E-state index contributed by atoms with van der Waals surface area (Å²) < 4.78 is 4.65. The average molecular weight is 207 g/mol. The highest BCUT2D eigenvalue weighted by Gasteiger charge is 2.24. The lowest BCUT2D eigenvalue weighted by molar-refractivity contribution is -0.142. The first-order valence-corrected chi connectivity index (χ1v) is 5.09. The minimum atomic E-state index is -0.581. The van der Waals surface area contributed by atoms with E-state index >= 15 is 0 Å². The molecule has 1 aromatic rings. The van der Waals surface area contributed by atoms with E-state index in [-0.39, 0.29) is 11.9 Å². The van der Waals surface area contributed by atoms with Crippen LogP contribution < -0.4 is 5.73 Å². The Bertz CT molecular complexity index is 311. The number of carbonyl (C=O) groups is 1. The van der Waals surface area contributed by atoms with Crippen molar-refractivity contribution in [3.05, 3.63) is 35.9 Å². The number of esters is 1. The van der Waals surface area contributed by atoms with E-state index in [1.54, 1.807) is 0 Å². The fourth-order valence-electron chi connectivity index (χ4n) is 1.70. The maximum Gasteiger partial charge on any atom is 0.323 e. The third kappa shape index (κ3) is 2.80. The van der Waals surface area contributed by atoms with Gasteiger partial charge in [0.25, 0.3) is 0 Å². The van der Waals surface area contributed by atoms with Crippen LogP contribution in [0, 0.1) is 0 Å². The number of methoxy groups -OCH3 is 1. The van der Waals surface area contributed by atoms with Gasteiger partial charge in [0.2, 0.25) is 0 Å². The Balaban J connectivity index is 2.85. The van der Waals surface area contributed by atoms with Gasteiger partial charge in [-0.05, 0) is 12.0 Å². The summed E-state index contributed by atoms with van der Waals surface area (Å²) in [6, 6.07) is 9.22. The fourth-order valence-corrected chi connectivity index (χ4v) is 1.70. The normalized spacial score (nSPS) is 14.3. The molecule has 0 fully saturated rings. The monoisotopic (exact) mass is 207 g/mol. The Morgan fingerprint density at radius 3 is 2.47 bits per heavy atom. The number of hydrogen-bond donors (Lipinski definition) is 1. The van der Waals surface area contributed by atoms with Crippen molar-refractivity contribution in [3.8, 4) is 0 Å². The van der Waals surface area contributed by atoms with E-state index in [9.17, 15) is 4.79 Å². The second-order valence-electron chi connectivity index (χ2n) is 3.47. The van der Waals surface area contributed by atoms with E-state index in [1.165, 1.54) is 7.11 Å². The van der Waals surface area contributed by atoms with E-state index in [2.05, 4.69) is 4.74 Å². The summed E-state index contributed by atoms with van der Waals surface area (Å²) in [7, 11) is 1.36. The highest BCUT2D eigenvalue weighted by atomic mass is 16.5. The summed E-state index contributed by atoms with van der Waals surface area (Å²) in [4.78, 5) is 11.3. The van der Waals surface area contributed by atoms with Gasteiger partial charge in [0.1, 0.15) is 6.04 Å². The van der Waals surface area contributed by atoms with Gasteiger partial charge in [-0.1, -0.05) is 37.3 Å². The van der Waals surface area contributed by atoms with Gasteiger partial charge in [0.05, 0.1) is 7.11 Å². The zero-order valence-electron chi connectivity index (χ0n) is 9.14. The molecule has 15 heavy (non-hydrogen) atoms. The molecule has 0 saturated carbocycles. The van der Waals surface area contributed by atoms with Crippen molar-refractivity contribution in [2.75, 3.05) is 7.11 Å². The first-order valence-electron chi connectivity index (χ1n) is 5.09. The SMILES string of the molecule is CCC(c1ccccc1)C(N)C(=O)OC. The van der Waals surface area contributed by atoms with Crippen LogP contribution in [0.1, 0.15) is 24.8 Å². The van der Waals surface area contributed by atoms with Crippen LogP contribution in [0.4, 0.5) is 0 Å². The van der Waals surface area contributed by atoms with Gasteiger partial charge < -0.3 is 10.5 Å². The summed E-state index contributed by atoms with van der Waals surface area (Å²) in [6.07, 6.45) is 0.820. The average Bonchev–Trinajstić information content (AvgIpc) is 2.30. The number of hydrogen-bond acceptors (Lipinski definition) is 3. The van der Waals surface area contributed by atoms with Gasteiger partial charge in [-0.15, -0.1) is 0 Å². The molecule has 2 atom stereocenters. The summed E-state index contributed by atoms with van der Waals surface area (Å²) >= 11 is 0. The second-order valence-corrected chi connectivity index (χ2v) is 3.47. The topological polar surface area (TPSA) is 52.3 Å². The van der Waals surface area contributed by atoms with Crippen molar-refractivity contribution in [1.82, 2.24) is 0 Å². The molecule has 82 valence electrons. The number of rotatable bonds is 4. The van der Waals surface area contributed by atoms with Crippen molar-refractivity contribution in [2.24, 2.45) is 5.73 Å². The first-order chi connectivity index (χ1) is 7.20. The quantitative estimate of drug-likeness (QED) is 0.764. The largest absolute Gasteiger partial charge is 0.468 e. The molecule has 0 saturated heterocycles. The van der Waals surface area contributed by atoms with Crippen molar-refractivity contribution in [2.45, 2.75) is 25.3 Å². The molecule has 0 radical (unpaired) electrons. The molecule has 0 spiro atoms. The van der Waals surface area contributed by atoms with Crippen molar-refractivity contribution < 1.29 is 9.53 Å². The van der Waals surface area contributed by atoms with Crippen LogP contribution in [0.15, 0.2) is 30.3 Å². The molecule has 3 nitrogen and oxygen atoms in total. The molecule has 0 bridgehead atoms. The lowest BCUT2D eigenvalue weighted by Crippen LogP contribution is -2.37. The van der Waals surface area contributed by atoms with Gasteiger partial charge in [0.15, 0.2) is 0 Å². The Morgan fingerprint density at radius 1 is 1.40 bits per heavy atom. The van der Waals surface area contributed by atoms with Crippen LogP contribution in [0.25, 0.3) is 0 Å². The van der Waals surface area contributed by atoms with Crippen LogP contribution >= 0.6 is 0 Å². The molecule has 0 amide bonds. The molecular weight excluding hydrogens is 190 g/mol. The highest BCUT2D eigenvalue weighted by Crippen LogP contribution is 2.22. The highest BCUT2D eigenvalue weighted by molar-refractivity contribution is 5.76. The van der Waals surface area contributed by atoms with Crippen LogP contribution in [0.3, 0.4) is 0 Å². The number of ether oxygens (including phenoxy) is 1. The second kappa shape index (κ2) is 5.51. The Kier molecular flexibility index (Phi) is 4.31. The number of carbonyl (C=O) groups excluding carboxylic acids is 1. The van der Waals surface area contributed by atoms with E-state index < -0.39 is 6.04 Å². The molecule has 0 aromatic heterocycles. The van der Waals surface area contributed by atoms with Gasteiger partial charge in [-0.2, -0.15) is 0 Å². The van der Waals surface area contributed by atoms with Gasteiger partial charge >= 0.3 is 5.97 Å². The summed E-state index contributed by atoms with van der Waals surface area (Å²) in [6.45, 7) is 2.01. The van der Waals surface area contributed by atoms with Crippen LogP contribution in [0.2, 0.25) is 0 Å². The predicted molar refractivity (Wildman–Crippen MR) is 59.5 cm³/mol. The molecule has 2 unspecified atom stereocenters. The minimum absolute atomic E-state index is 0.0265. The molecule has 1 aromatic carbocycles. The summed E-state index contributed by atoms with van der Waals surface area (Å²) in [5.74, 6) is -0.329. The van der Waals surface area contributed by atoms with E-state index in [1.807, 2.05) is 37.3 Å². The Hall–Kier alpha value is -1.35. The van der Waals surface area contributed by atoms with Gasteiger partial charge in [0, 0.05) is 5.92 Å². The van der Waals surface area contributed by atoms with Crippen LogP contribution in [0.5, 0.6) is 0 Å². The van der Waals surface area contributed by atoms with Gasteiger partial charge in [-0.25, -0.2) is 0 Å². The first kappa shape index (κ1) is 11.7. The molecule has 0 aliphatic carbocycles. The molecule has 0 aliphatic heterocycles. The van der Waals surface area contributed by atoms with E-state index in [0.29, 0.717) is 0 Å². The standard InChI is InChI=1S/C12H17NO2/c1-3-10(11(13)12(14)15-2)9-7-5-4-6-8-9/h4-8,10-11H,3,13H2,1-2H3. The number of nitrogens with two attached hydrogens (primary N) is 1. The maximum absolute atomic E-state index is 11.3. The van der Waals surface area contributed by atoms with Crippen LogP contribution in [-0.4, -0.2) is 19.1 Å². The lowest BCUT2D eigenvalue weighted by atomic mass is 9.90.